The number of aromatic carboxylic acids is 1. The molecule has 0 saturated heterocycles. The zero-order chi connectivity index (χ0) is 30.5. The topological polar surface area (TPSA) is 106 Å². The van der Waals surface area contributed by atoms with E-state index in [1.54, 1.807) is 12.1 Å². The first-order valence-corrected chi connectivity index (χ1v) is 17.1. The van der Waals surface area contributed by atoms with Crippen molar-refractivity contribution in [3.8, 4) is 27.4 Å². The number of hydrogen-bond donors (Lipinski definition) is 2. The van der Waals surface area contributed by atoms with Gasteiger partial charge < -0.3 is 9.84 Å². The maximum Gasteiger partial charge on any atom is 0.338 e. The van der Waals surface area contributed by atoms with Crippen molar-refractivity contribution in [3.63, 3.8) is 0 Å². The largest absolute Gasteiger partial charge is 0.495 e. The van der Waals surface area contributed by atoms with Gasteiger partial charge >= 0.3 is 5.97 Å². The molecule has 4 aromatic rings. The molecular formula is C31H27F2IN2O5S2. The molecule has 3 atom stereocenters. The van der Waals surface area contributed by atoms with Crippen LogP contribution >= 0.6 is 33.9 Å². The number of nitrogens with zero attached hydrogens (tertiary/aromatic N) is 1. The van der Waals surface area contributed by atoms with E-state index in [4.69, 9.17) is 9.84 Å². The Kier molecular flexibility index (Phi) is 7.96. The van der Waals surface area contributed by atoms with Crippen LogP contribution in [0.15, 0.2) is 65.0 Å². The van der Waals surface area contributed by atoms with Crippen molar-refractivity contribution in [2.45, 2.75) is 40.6 Å². The van der Waals surface area contributed by atoms with Crippen molar-refractivity contribution in [1.29, 1.82) is 0 Å². The van der Waals surface area contributed by atoms with Gasteiger partial charge in [-0.2, -0.15) is 8.42 Å². The summed E-state index contributed by atoms with van der Waals surface area (Å²) in [6.07, 6.45) is 6.43. The van der Waals surface area contributed by atoms with Gasteiger partial charge in [0.15, 0.2) is 5.03 Å². The minimum absolute atomic E-state index is 0.144. The zero-order valence-corrected chi connectivity index (χ0v) is 26.7. The predicted octanol–water partition coefficient (Wildman–Crippen LogP) is 8.10. The number of carboxylic acids is 1. The van der Waals surface area contributed by atoms with Crippen LogP contribution in [0.2, 0.25) is 0 Å². The maximum atomic E-state index is 15.3. The third-order valence-electron chi connectivity index (χ3n) is 8.33. The standard InChI is InChI=1S/C31H27F2IN2O5S2/c1-41-27-12-23(30(37)38)25(33)13-26(27)36-43(39,40)28-16-42-29(35-28)22-9-6-20(11-24(22)32)19-4-7-21(8-5-19)31(34)14-17-2-3-18(10-17)15-31/h4-9,11-13,16-18,36H,2-3,10,14-15H2,1H3,(H,37,38)/t17-,18?,31?/m0/s1. The second kappa shape index (κ2) is 11.4. The molecule has 1 heterocycles. The summed E-state index contributed by atoms with van der Waals surface area (Å²) in [5.41, 5.74) is 2.07. The Labute approximate surface area is 265 Å². The van der Waals surface area contributed by atoms with Crippen LogP contribution in [0.4, 0.5) is 14.5 Å². The van der Waals surface area contributed by atoms with E-state index in [1.807, 2.05) is 12.1 Å². The van der Waals surface area contributed by atoms with E-state index in [1.165, 1.54) is 56.2 Å². The summed E-state index contributed by atoms with van der Waals surface area (Å²) in [4.78, 5) is 15.3. The Bertz CT molecular complexity index is 1820. The van der Waals surface area contributed by atoms with Gasteiger partial charge in [-0.3, -0.25) is 4.72 Å². The highest BCUT2D eigenvalue weighted by Crippen LogP contribution is 2.55. The summed E-state index contributed by atoms with van der Waals surface area (Å²) in [5.74, 6) is -1.78. The molecule has 6 rings (SSSR count). The fraction of sp³-hybridized carbons (Fsp3) is 0.290. The summed E-state index contributed by atoms with van der Waals surface area (Å²) >= 11 is 3.58. The van der Waals surface area contributed by atoms with E-state index >= 15 is 4.39 Å². The molecule has 2 fully saturated rings. The molecule has 2 unspecified atom stereocenters. The Morgan fingerprint density at radius 3 is 2.35 bits per heavy atom. The van der Waals surface area contributed by atoms with Crippen LogP contribution in [-0.2, 0) is 13.4 Å². The number of nitrogens with one attached hydrogen (secondary N) is 1. The SMILES string of the molecule is COc1cc(C(=O)O)c(F)cc1NS(=O)(=O)c1csc(-c2ccc(-c3ccc(C4(I)CC5CC[C@@H](C5)C4)cc3)cc2F)n1. The fourth-order valence-electron chi connectivity index (χ4n) is 6.28. The molecule has 2 N–H and O–H groups in total. The van der Waals surface area contributed by atoms with Crippen LogP contribution in [0.1, 0.15) is 48.0 Å². The Hall–Kier alpha value is -3.10. The first-order valence-electron chi connectivity index (χ1n) is 13.6. The maximum absolute atomic E-state index is 15.3. The van der Waals surface area contributed by atoms with Crippen LogP contribution in [0.5, 0.6) is 5.75 Å². The van der Waals surface area contributed by atoms with Crippen LogP contribution < -0.4 is 9.46 Å². The first-order chi connectivity index (χ1) is 20.5. The summed E-state index contributed by atoms with van der Waals surface area (Å²) < 4.78 is 63.0. The molecular weight excluding hydrogens is 709 g/mol. The van der Waals surface area contributed by atoms with Crippen molar-refractivity contribution in [3.05, 3.63) is 82.7 Å². The van der Waals surface area contributed by atoms with Gasteiger partial charge in [0.2, 0.25) is 0 Å². The lowest BCUT2D eigenvalue weighted by Crippen LogP contribution is -2.27. The third kappa shape index (κ3) is 5.88. The van der Waals surface area contributed by atoms with E-state index in [0.29, 0.717) is 5.56 Å². The van der Waals surface area contributed by atoms with E-state index in [-0.39, 0.29) is 25.4 Å². The van der Waals surface area contributed by atoms with Crippen molar-refractivity contribution in [1.82, 2.24) is 4.98 Å². The number of alkyl halides is 1. The van der Waals surface area contributed by atoms with Crippen molar-refractivity contribution in [2.24, 2.45) is 11.8 Å². The van der Waals surface area contributed by atoms with Gasteiger partial charge in [0.05, 0.1) is 18.4 Å². The molecule has 7 nitrogen and oxygen atoms in total. The minimum Gasteiger partial charge on any atom is -0.495 e. The number of fused-ring (bicyclic) bond motifs is 2. The Morgan fingerprint density at radius 2 is 1.72 bits per heavy atom. The summed E-state index contributed by atoms with van der Waals surface area (Å²) in [6.45, 7) is 0. The molecule has 224 valence electrons. The molecule has 43 heavy (non-hydrogen) atoms. The van der Waals surface area contributed by atoms with Gasteiger partial charge in [-0.25, -0.2) is 18.6 Å². The number of thiazole rings is 1. The lowest BCUT2D eigenvalue weighted by molar-refractivity contribution is 0.0691. The van der Waals surface area contributed by atoms with Crippen LogP contribution in [0.3, 0.4) is 0 Å². The molecule has 3 aromatic carbocycles. The number of ether oxygens (including phenoxy) is 1. The smallest absolute Gasteiger partial charge is 0.338 e. The van der Waals surface area contributed by atoms with Crippen molar-refractivity contribution >= 4 is 55.6 Å². The molecule has 12 heteroatoms. The molecule has 0 radical (unpaired) electrons. The highest BCUT2D eigenvalue weighted by Gasteiger charge is 2.43. The molecule has 2 saturated carbocycles. The third-order valence-corrected chi connectivity index (χ3v) is 12.1. The first kappa shape index (κ1) is 29.9. The van der Waals surface area contributed by atoms with E-state index in [2.05, 4.69) is 44.4 Å². The highest BCUT2D eigenvalue weighted by molar-refractivity contribution is 14.1. The lowest BCUT2D eigenvalue weighted by Gasteiger charge is -2.36. The molecule has 2 bridgehead atoms. The summed E-state index contributed by atoms with van der Waals surface area (Å²) in [6, 6.07) is 14.7. The Balaban J connectivity index is 1.21. The molecule has 2 aliphatic rings. The second-order valence-electron chi connectivity index (χ2n) is 11.1. The number of sulfonamides is 1. The average molecular weight is 737 g/mol. The molecule has 0 aliphatic heterocycles. The predicted molar refractivity (Wildman–Crippen MR) is 169 cm³/mol. The lowest BCUT2D eigenvalue weighted by atomic mass is 9.77. The minimum atomic E-state index is -4.34. The monoisotopic (exact) mass is 736 g/mol. The number of rotatable bonds is 8. The number of methoxy groups -OCH3 is 1. The summed E-state index contributed by atoms with van der Waals surface area (Å²) in [5, 5.41) is 10.1. The van der Waals surface area contributed by atoms with Crippen molar-refractivity contribution in [2.75, 3.05) is 11.8 Å². The number of halogens is 3. The van der Waals surface area contributed by atoms with Crippen LogP contribution in [0.25, 0.3) is 21.7 Å². The molecule has 1 aromatic heterocycles. The second-order valence-corrected chi connectivity index (χ2v) is 15.7. The van der Waals surface area contributed by atoms with E-state index in [9.17, 15) is 17.6 Å². The quantitative estimate of drug-likeness (QED) is 0.140. The number of anilines is 1. The van der Waals surface area contributed by atoms with Gasteiger partial charge in [0.1, 0.15) is 22.4 Å². The van der Waals surface area contributed by atoms with E-state index < -0.39 is 38.2 Å². The molecule has 2 aliphatic carbocycles. The fourth-order valence-corrected chi connectivity index (χ4v) is 10.1. The Morgan fingerprint density at radius 1 is 1.05 bits per heavy atom. The number of hydrogen-bond acceptors (Lipinski definition) is 6. The normalized spacial score (nSPS) is 21.5. The van der Waals surface area contributed by atoms with Gasteiger partial charge in [0.25, 0.3) is 10.0 Å². The number of carboxylic acid groups (broad SMARTS) is 1. The number of aromatic nitrogens is 1. The van der Waals surface area contributed by atoms with Crippen molar-refractivity contribution < 1.29 is 31.8 Å². The van der Waals surface area contributed by atoms with Gasteiger partial charge in [0, 0.05) is 20.4 Å². The highest BCUT2D eigenvalue weighted by atomic mass is 127. The number of carbonyl (C=O) groups is 1. The van der Waals surface area contributed by atoms with E-state index in [0.717, 1.165) is 40.9 Å². The van der Waals surface area contributed by atoms with Gasteiger partial charge in [-0.15, -0.1) is 11.3 Å². The van der Waals surface area contributed by atoms with Crippen LogP contribution in [0, 0.1) is 23.5 Å². The average Bonchev–Trinajstić information content (AvgIpc) is 3.60. The molecule has 0 spiro atoms. The zero-order valence-electron chi connectivity index (χ0n) is 22.9. The molecule has 0 amide bonds. The van der Waals surface area contributed by atoms with Gasteiger partial charge in [-0.1, -0.05) is 65.8 Å². The van der Waals surface area contributed by atoms with Crippen LogP contribution in [-0.4, -0.2) is 31.6 Å². The summed E-state index contributed by atoms with van der Waals surface area (Å²) in [7, 11) is -3.14. The van der Waals surface area contributed by atoms with Gasteiger partial charge in [-0.05, 0) is 66.0 Å². The number of benzene rings is 3.